The molecule has 0 saturated carbocycles. The molecular formula is H2CoMnMoNiO. The van der Waals surface area contributed by atoms with E-state index in [4.69, 9.17) is 0 Å². The molecule has 0 atom stereocenters. The van der Waals surface area contributed by atoms with Gasteiger partial charge in [0.2, 0.25) is 0 Å². The van der Waals surface area contributed by atoms with E-state index in [-0.39, 0.29) is 76.9 Å². The van der Waals surface area contributed by atoms with E-state index >= 15 is 0 Å². The zero-order chi connectivity index (χ0) is 0. The van der Waals surface area contributed by atoms with E-state index in [0.717, 1.165) is 0 Å². The third-order valence-electron chi connectivity index (χ3n) is 0. The van der Waals surface area contributed by atoms with E-state index < -0.39 is 0 Å². The van der Waals surface area contributed by atoms with Crippen LogP contribution in [0.1, 0.15) is 0 Å². The molecule has 0 amide bonds. The minimum Gasteiger partial charge on any atom is -0.412 e. The SMILES string of the molecule is O.[Co].[Mn].[Mo].[Ni]. The van der Waals surface area contributed by atoms with Gasteiger partial charge in [-0.15, -0.1) is 0 Å². The number of hydrogen-bond donors (Lipinski definition) is 0. The standard InChI is InChI=1S/Co.Mn.Mo.Ni.H2O/h;;;;1H2. The number of hydrogen-bond acceptors (Lipinski definition) is 0. The topological polar surface area (TPSA) is 31.5 Å². The van der Waals surface area contributed by atoms with Crippen molar-refractivity contribution in [3.8, 4) is 0 Å². The Morgan fingerprint density at radius 3 is 1.00 bits per heavy atom. The third kappa shape index (κ3) is 22.8. The molecule has 0 unspecified atom stereocenters. The van der Waals surface area contributed by atoms with Crippen molar-refractivity contribution in [1.82, 2.24) is 0 Å². The van der Waals surface area contributed by atoms with Crippen LogP contribution in [0.3, 0.4) is 0 Å². The van der Waals surface area contributed by atoms with Crippen LogP contribution in [0.15, 0.2) is 0 Å². The third-order valence-corrected chi connectivity index (χ3v) is 0. The van der Waals surface area contributed by atoms with Crippen molar-refractivity contribution in [2.75, 3.05) is 0 Å². The molecule has 5 heavy (non-hydrogen) atoms. The summed E-state index contributed by atoms with van der Waals surface area (Å²) >= 11 is 0. The molecule has 2 radical (unpaired) electrons. The second-order valence-electron chi connectivity index (χ2n) is 0. The Balaban J connectivity index is 0. The molecule has 0 fully saturated rings. The van der Waals surface area contributed by atoms with Gasteiger partial charge in [0.25, 0.3) is 0 Å². The first-order valence-electron chi connectivity index (χ1n) is 0. The monoisotopic (exact) mass is 288 g/mol. The molecule has 40 valence electrons. The molecule has 2 N–H and O–H groups in total. The summed E-state index contributed by atoms with van der Waals surface area (Å²) in [5.41, 5.74) is 0. The largest absolute Gasteiger partial charge is 0.412 e. The summed E-state index contributed by atoms with van der Waals surface area (Å²) in [6.45, 7) is 0. The summed E-state index contributed by atoms with van der Waals surface area (Å²) in [7, 11) is 0. The summed E-state index contributed by atoms with van der Waals surface area (Å²) in [5.74, 6) is 0. The summed E-state index contributed by atoms with van der Waals surface area (Å²) in [4.78, 5) is 0. The fraction of sp³-hybridized carbons (Fsp3) is 0. The maximum Gasteiger partial charge on any atom is 0 e. The molecule has 1 nitrogen and oxygen atoms in total. The van der Waals surface area contributed by atoms with Crippen LogP contribution in [-0.4, -0.2) is 5.48 Å². The Morgan fingerprint density at radius 2 is 1.00 bits per heavy atom. The van der Waals surface area contributed by atoms with Crippen LogP contribution in [0.25, 0.3) is 0 Å². The van der Waals surface area contributed by atoms with Crippen LogP contribution < -0.4 is 0 Å². The van der Waals surface area contributed by atoms with Gasteiger partial charge >= 0.3 is 0 Å². The maximum absolute atomic E-state index is 0. The second kappa shape index (κ2) is 35.1. The molecule has 0 aliphatic carbocycles. The van der Waals surface area contributed by atoms with Gasteiger partial charge in [-0.05, 0) is 0 Å². The predicted molar refractivity (Wildman–Crippen MR) is 3.61 cm³/mol. The van der Waals surface area contributed by atoms with Gasteiger partial charge in [0.15, 0.2) is 0 Å². The molecule has 0 spiro atoms. The van der Waals surface area contributed by atoms with Gasteiger partial charge in [-0.1, -0.05) is 0 Å². The van der Waals surface area contributed by atoms with Crippen molar-refractivity contribution in [3.63, 3.8) is 0 Å². The van der Waals surface area contributed by atoms with Crippen molar-refractivity contribution in [2.24, 2.45) is 0 Å². The molecule has 5 heteroatoms. The molecule has 0 aliphatic rings. The molecular weight excluding hydrogens is 285 g/mol. The van der Waals surface area contributed by atoms with Gasteiger partial charge in [-0.25, -0.2) is 0 Å². The van der Waals surface area contributed by atoms with Crippen LogP contribution in [-0.2, 0) is 71.4 Å². The van der Waals surface area contributed by atoms with E-state index in [1.54, 1.807) is 0 Å². The van der Waals surface area contributed by atoms with Gasteiger partial charge in [-0.3, -0.25) is 0 Å². The normalized spacial score (nSPS) is 0. The van der Waals surface area contributed by atoms with Gasteiger partial charge in [0.1, 0.15) is 0 Å². The molecule has 0 aromatic heterocycles. The van der Waals surface area contributed by atoms with Crippen LogP contribution in [0, 0.1) is 0 Å². The molecule has 0 aliphatic heterocycles. The Hall–Kier alpha value is 2.17. The Labute approximate surface area is 76.2 Å². The first kappa shape index (κ1) is 58.0. The summed E-state index contributed by atoms with van der Waals surface area (Å²) < 4.78 is 0. The second-order valence-corrected chi connectivity index (χ2v) is 0. The van der Waals surface area contributed by atoms with Gasteiger partial charge in [-0.2, -0.15) is 0 Å². The van der Waals surface area contributed by atoms with Gasteiger partial charge in [0, 0.05) is 71.4 Å². The summed E-state index contributed by atoms with van der Waals surface area (Å²) in [5, 5.41) is 0. The molecule has 0 bridgehead atoms. The van der Waals surface area contributed by atoms with Crippen molar-refractivity contribution >= 4 is 0 Å². The van der Waals surface area contributed by atoms with Crippen molar-refractivity contribution in [1.29, 1.82) is 0 Å². The molecule has 0 aromatic carbocycles. The van der Waals surface area contributed by atoms with Crippen LogP contribution >= 0.6 is 0 Å². The average Bonchev–Trinajstić information content (AvgIpc) is 0. The molecule has 0 heterocycles. The van der Waals surface area contributed by atoms with E-state index in [1.807, 2.05) is 0 Å². The molecule has 0 rings (SSSR count). The van der Waals surface area contributed by atoms with Crippen molar-refractivity contribution in [2.45, 2.75) is 0 Å². The molecule has 0 saturated heterocycles. The minimum absolute atomic E-state index is 0. The summed E-state index contributed by atoms with van der Waals surface area (Å²) in [6, 6.07) is 0. The quantitative estimate of drug-likeness (QED) is 0.521. The Bertz CT molecular complexity index is 11.6. The predicted octanol–water partition coefficient (Wildman–Crippen LogP) is -0.835. The smallest absolute Gasteiger partial charge is 0 e. The molecule has 0 aromatic rings. The van der Waals surface area contributed by atoms with Crippen LogP contribution in [0.5, 0.6) is 0 Å². The van der Waals surface area contributed by atoms with E-state index in [9.17, 15) is 0 Å². The van der Waals surface area contributed by atoms with E-state index in [2.05, 4.69) is 0 Å². The van der Waals surface area contributed by atoms with Gasteiger partial charge in [0.05, 0.1) is 0 Å². The van der Waals surface area contributed by atoms with E-state index in [1.165, 1.54) is 0 Å². The van der Waals surface area contributed by atoms with Crippen molar-refractivity contribution < 1.29 is 76.9 Å². The first-order valence-corrected chi connectivity index (χ1v) is 0. The van der Waals surface area contributed by atoms with Crippen molar-refractivity contribution in [3.05, 3.63) is 0 Å². The Kier molecular flexibility index (Phi) is 407. The van der Waals surface area contributed by atoms with Crippen LogP contribution in [0.4, 0.5) is 0 Å². The fourth-order valence-corrected chi connectivity index (χ4v) is 0. The zero-order valence-corrected chi connectivity index (χ0v) is 7.15. The van der Waals surface area contributed by atoms with E-state index in [0.29, 0.717) is 0 Å². The summed E-state index contributed by atoms with van der Waals surface area (Å²) in [6.07, 6.45) is 0. The van der Waals surface area contributed by atoms with Crippen LogP contribution in [0.2, 0.25) is 0 Å². The number of rotatable bonds is 0. The maximum atomic E-state index is 0. The zero-order valence-electron chi connectivity index (χ0n) is 1.94. The minimum atomic E-state index is 0. The Morgan fingerprint density at radius 1 is 1.00 bits per heavy atom. The fourth-order valence-electron chi connectivity index (χ4n) is 0. The first-order chi connectivity index (χ1) is 0. The average molecular weight is 287 g/mol. The van der Waals surface area contributed by atoms with Gasteiger partial charge < -0.3 is 5.48 Å².